The van der Waals surface area contributed by atoms with Crippen molar-refractivity contribution in [2.24, 2.45) is 0 Å². The number of hydrogen-bond acceptors (Lipinski definition) is 4. The second-order valence-electron chi connectivity index (χ2n) is 4.70. The molecule has 1 fully saturated rings. The molecule has 6 nitrogen and oxygen atoms in total. The van der Waals surface area contributed by atoms with E-state index >= 15 is 0 Å². The van der Waals surface area contributed by atoms with Gasteiger partial charge in [-0.3, -0.25) is 9.59 Å². The first-order valence-corrected chi connectivity index (χ1v) is 6.28. The summed E-state index contributed by atoms with van der Waals surface area (Å²) in [6, 6.07) is 3.64. The summed E-state index contributed by atoms with van der Waals surface area (Å²) in [6.07, 6.45) is 2.36. The number of nitrogens with zero attached hydrogens (tertiary/aromatic N) is 3. The van der Waals surface area contributed by atoms with Gasteiger partial charge in [-0.25, -0.2) is 4.98 Å². The standard InChI is InChI=1S/C13H18N4O2/c1-16(2)10-5-3-6-15-12(10)13(19)17-8-4-7-14-11(18)9-17/h3,5-6H,4,7-9H2,1-2H3,(H,14,18). The first-order chi connectivity index (χ1) is 9.09. The summed E-state index contributed by atoms with van der Waals surface area (Å²) in [6.45, 7) is 1.29. The van der Waals surface area contributed by atoms with E-state index < -0.39 is 0 Å². The molecule has 0 saturated carbocycles. The molecule has 2 amide bonds. The van der Waals surface area contributed by atoms with Crippen molar-refractivity contribution in [2.75, 3.05) is 38.6 Å². The molecule has 19 heavy (non-hydrogen) atoms. The fourth-order valence-electron chi connectivity index (χ4n) is 2.05. The van der Waals surface area contributed by atoms with Crippen molar-refractivity contribution in [1.29, 1.82) is 0 Å². The molecular weight excluding hydrogens is 244 g/mol. The van der Waals surface area contributed by atoms with E-state index in [4.69, 9.17) is 0 Å². The van der Waals surface area contributed by atoms with Crippen molar-refractivity contribution >= 4 is 17.5 Å². The molecule has 1 aromatic heterocycles. The topological polar surface area (TPSA) is 65.5 Å². The maximum atomic E-state index is 12.5. The van der Waals surface area contributed by atoms with Crippen LogP contribution in [-0.2, 0) is 4.79 Å². The van der Waals surface area contributed by atoms with Crippen LogP contribution in [0.25, 0.3) is 0 Å². The maximum absolute atomic E-state index is 12.5. The second kappa shape index (κ2) is 5.69. The van der Waals surface area contributed by atoms with E-state index in [2.05, 4.69) is 10.3 Å². The Bertz CT molecular complexity index is 487. The molecule has 0 bridgehead atoms. The van der Waals surface area contributed by atoms with Crippen molar-refractivity contribution in [3.05, 3.63) is 24.0 Å². The molecule has 1 N–H and O–H groups in total. The number of carbonyl (C=O) groups is 2. The summed E-state index contributed by atoms with van der Waals surface area (Å²) in [5.74, 6) is -0.311. The predicted molar refractivity (Wildman–Crippen MR) is 72.1 cm³/mol. The molecule has 0 atom stereocenters. The zero-order valence-corrected chi connectivity index (χ0v) is 11.2. The van der Waals surface area contributed by atoms with Gasteiger partial charge in [-0.05, 0) is 18.6 Å². The van der Waals surface area contributed by atoms with Gasteiger partial charge in [0.2, 0.25) is 5.91 Å². The number of pyridine rings is 1. The van der Waals surface area contributed by atoms with E-state index in [0.717, 1.165) is 12.1 Å². The summed E-state index contributed by atoms with van der Waals surface area (Å²) in [7, 11) is 3.73. The minimum Gasteiger partial charge on any atom is -0.376 e. The lowest BCUT2D eigenvalue weighted by molar-refractivity contribution is -0.121. The van der Waals surface area contributed by atoms with Gasteiger partial charge < -0.3 is 15.1 Å². The van der Waals surface area contributed by atoms with Crippen molar-refractivity contribution in [2.45, 2.75) is 6.42 Å². The van der Waals surface area contributed by atoms with E-state index in [-0.39, 0.29) is 18.4 Å². The fourth-order valence-corrected chi connectivity index (χ4v) is 2.05. The third-order valence-electron chi connectivity index (χ3n) is 3.02. The van der Waals surface area contributed by atoms with Crippen LogP contribution in [0.3, 0.4) is 0 Å². The lowest BCUT2D eigenvalue weighted by atomic mass is 10.2. The molecule has 0 aliphatic carbocycles. The SMILES string of the molecule is CN(C)c1cccnc1C(=O)N1CCCNC(=O)C1. The summed E-state index contributed by atoms with van der Waals surface area (Å²) in [5, 5.41) is 2.75. The lowest BCUT2D eigenvalue weighted by Gasteiger charge is -2.22. The molecule has 0 spiro atoms. The Morgan fingerprint density at radius 2 is 2.26 bits per heavy atom. The average molecular weight is 262 g/mol. The summed E-state index contributed by atoms with van der Waals surface area (Å²) in [5.41, 5.74) is 1.15. The number of rotatable bonds is 2. The highest BCUT2D eigenvalue weighted by molar-refractivity contribution is 5.99. The monoisotopic (exact) mass is 262 g/mol. The number of amides is 2. The maximum Gasteiger partial charge on any atom is 0.275 e. The average Bonchev–Trinajstić information content (AvgIpc) is 2.62. The molecule has 6 heteroatoms. The van der Waals surface area contributed by atoms with Crippen LogP contribution < -0.4 is 10.2 Å². The van der Waals surface area contributed by atoms with Gasteiger partial charge in [-0.1, -0.05) is 0 Å². The van der Waals surface area contributed by atoms with E-state index in [9.17, 15) is 9.59 Å². The normalized spacial score (nSPS) is 15.7. The quantitative estimate of drug-likeness (QED) is 0.821. The van der Waals surface area contributed by atoms with Gasteiger partial charge in [0.1, 0.15) is 0 Å². The first-order valence-electron chi connectivity index (χ1n) is 6.28. The van der Waals surface area contributed by atoms with Crippen LogP contribution in [0.1, 0.15) is 16.9 Å². The largest absolute Gasteiger partial charge is 0.376 e. The summed E-state index contributed by atoms with van der Waals surface area (Å²) < 4.78 is 0. The Labute approximate surface area is 112 Å². The molecule has 0 radical (unpaired) electrons. The highest BCUT2D eigenvalue weighted by atomic mass is 16.2. The number of hydrogen-bond donors (Lipinski definition) is 1. The van der Waals surface area contributed by atoms with Crippen molar-refractivity contribution in [1.82, 2.24) is 15.2 Å². The minimum absolute atomic E-state index is 0.0995. The van der Waals surface area contributed by atoms with Crippen LogP contribution in [0, 0.1) is 0 Å². The summed E-state index contributed by atoms with van der Waals surface area (Å²) in [4.78, 5) is 31.6. The van der Waals surface area contributed by atoms with Gasteiger partial charge in [0.25, 0.3) is 5.91 Å². The van der Waals surface area contributed by atoms with Gasteiger partial charge >= 0.3 is 0 Å². The molecular formula is C13H18N4O2. The van der Waals surface area contributed by atoms with Crippen LogP contribution in [0.4, 0.5) is 5.69 Å². The van der Waals surface area contributed by atoms with Crippen molar-refractivity contribution in [3.63, 3.8) is 0 Å². The van der Waals surface area contributed by atoms with E-state index in [1.165, 1.54) is 0 Å². The highest BCUT2D eigenvalue weighted by Gasteiger charge is 2.24. The van der Waals surface area contributed by atoms with Crippen LogP contribution in [0.2, 0.25) is 0 Å². The molecule has 102 valence electrons. The second-order valence-corrected chi connectivity index (χ2v) is 4.70. The Morgan fingerprint density at radius 1 is 1.47 bits per heavy atom. The Balaban J connectivity index is 2.25. The van der Waals surface area contributed by atoms with Gasteiger partial charge in [0, 0.05) is 33.4 Å². The van der Waals surface area contributed by atoms with Crippen LogP contribution in [0.15, 0.2) is 18.3 Å². The first kappa shape index (κ1) is 13.3. The van der Waals surface area contributed by atoms with Gasteiger partial charge in [0.05, 0.1) is 12.2 Å². The Morgan fingerprint density at radius 3 is 3.00 bits per heavy atom. The fraction of sp³-hybridized carbons (Fsp3) is 0.462. The molecule has 0 unspecified atom stereocenters. The molecule has 1 saturated heterocycles. The molecule has 0 aromatic carbocycles. The van der Waals surface area contributed by atoms with Crippen molar-refractivity contribution in [3.8, 4) is 0 Å². The third kappa shape index (κ3) is 3.01. The summed E-state index contributed by atoms with van der Waals surface area (Å²) >= 11 is 0. The minimum atomic E-state index is -0.193. The van der Waals surface area contributed by atoms with Gasteiger partial charge in [-0.15, -0.1) is 0 Å². The van der Waals surface area contributed by atoms with E-state index in [1.807, 2.05) is 25.1 Å². The predicted octanol–water partition coefficient (Wildman–Crippen LogP) is 0.110. The van der Waals surface area contributed by atoms with Gasteiger partial charge in [-0.2, -0.15) is 0 Å². The number of carbonyl (C=O) groups excluding carboxylic acids is 2. The molecule has 1 aliphatic heterocycles. The lowest BCUT2D eigenvalue weighted by Crippen LogP contribution is -2.38. The van der Waals surface area contributed by atoms with E-state index in [1.54, 1.807) is 17.2 Å². The molecule has 1 aliphatic rings. The molecule has 2 heterocycles. The smallest absolute Gasteiger partial charge is 0.275 e. The van der Waals surface area contributed by atoms with Crippen molar-refractivity contribution < 1.29 is 9.59 Å². The number of aromatic nitrogens is 1. The van der Waals surface area contributed by atoms with Crippen LogP contribution >= 0.6 is 0 Å². The van der Waals surface area contributed by atoms with Crippen LogP contribution in [-0.4, -0.2) is 55.4 Å². The van der Waals surface area contributed by atoms with E-state index in [0.29, 0.717) is 18.8 Å². The Hall–Kier alpha value is -2.11. The zero-order chi connectivity index (χ0) is 13.8. The highest BCUT2D eigenvalue weighted by Crippen LogP contribution is 2.17. The zero-order valence-electron chi connectivity index (χ0n) is 11.2. The third-order valence-corrected chi connectivity index (χ3v) is 3.02. The number of anilines is 1. The number of nitrogens with one attached hydrogen (secondary N) is 1. The van der Waals surface area contributed by atoms with Gasteiger partial charge in [0.15, 0.2) is 5.69 Å². The molecule has 1 aromatic rings. The Kier molecular flexibility index (Phi) is 3.99. The van der Waals surface area contributed by atoms with Crippen LogP contribution in [0.5, 0.6) is 0 Å². The molecule has 2 rings (SSSR count).